The van der Waals surface area contributed by atoms with Crippen LogP contribution in [0.15, 0.2) is 0 Å². The fraction of sp³-hybridized carbons (Fsp3) is 1.00. The average molecular weight is 274 g/mol. The standard InChI is InChI=1S/C8H18O6S2/c1-7(6-13-15(3,9)10)5-8(2)14-16(4,11)12/h7-8H,5-6H2,1-4H3. The zero-order chi connectivity index (χ0) is 13.0. The van der Waals surface area contributed by atoms with Crippen molar-refractivity contribution < 1.29 is 25.2 Å². The van der Waals surface area contributed by atoms with Gasteiger partial charge >= 0.3 is 0 Å². The molecule has 0 aromatic rings. The quantitative estimate of drug-likeness (QED) is 0.623. The lowest BCUT2D eigenvalue weighted by molar-refractivity contribution is 0.170. The molecule has 2 atom stereocenters. The highest BCUT2D eigenvalue weighted by Gasteiger charge is 2.15. The smallest absolute Gasteiger partial charge is 0.264 e. The highest BCUT2D eigenvalue weighted by molar-refractivity contribution is 7.86. The molecule has 0 aromatic carbocycles. The van der Waals surface area contributed by atoms with Crippen LogP contribution in [0.5, 0.6) is 0 Å². The summed E-state index contributed by atoms with van der Waals surface area (Å²) in [6, 6.07) is 0. The molecule has 0 amide bonds. The Morgan fingerprint density at radius 1 is 1.00 bits per heavy atom. The van der Waals surface area contributed by atoms with Gasteiger partial charge < -0.3 is 0 Å². The molecule has 6 nitrogen and oxygen atoms in total. The summed E-state index contributed by atoms with van der Waals surface area (Å²) in [5.74, 6) is -0.105. The van der Waals surface area contributed by atoms with Gasteiger partial charge in [-0.25, -0.2) is 0 Å². The SMILES string of the molecule is CC(COS(C)(=O)=O)CC(C)OS(C)(=O)=O. The van der Waals surface area contributed by atoms with Gasteiger partial charge in [0.15, 0.2) is 0 Å². The molecule has 0 aromatic heterocycles. The predicted octanol–water partition coefficient (Wildman–Crippen LogP) is 0.354. The molecular weight excluding hydrogens is 256 g/mol. The Kier molecular flexibility index (Phi) is 5.88. The maximum atomic E-state index is 10.8. The fourth-order valence-electron chi connectivity index (χ4n) is 1.21. The summed E-state index contributed by atoms with van der Waals surface area (Å²) in [6.45, 7) is 3.39. The minimum Gasteiger partial charge on any atom is -0.270 e. The maximum Gasteiger partial charge on any atom is 0.264 e. The molecular formula is C8H18O6S2. The van der Waals surface area contributed by atoms with Crippen LogP contribution in [0.3, 0.4) is 0 Å². The first-order valence-electron chi connectivity index (χ1n) is 4.72. The van der Waals surface area contributed by atoms with Crippen molar-refractivity contribution in [3.05, 3.63) is 0 Å². The molecule has 0 aliphatic heterocycles. The summed E-state index contributed by atoms with van der Waals surface area (Å²) in [6.07, 6.45) is 1.85. The molecule has 0 fully saturated rings. The molecule has 0 rings (SSSR count). The summed E-state index contributed by atoms with van der Waals surface area (Å²) < 4.78 is 52.3. The van der Waals surface area contributed by atoms with Crippen LogP contribution in [0.1, 0.15) is 20.3 Å². The van der Waals surface area contributed by atoms with Crippen molar-refractivity contribution in [3.63, 3.8) is 0 Å². The van der Waals surface area contributed by atoms with Gasteiger partial charge in [-0.1, -0.05) is 6.92 Å². The van der Waals surface area contributed by atoms with Crippen LogP contribution in [0.2, 0.25) is 0 Å². The van der Waals surface area contributed by atoms with Crippen molar-refractivity contribution in [2.75, 3.05) is 19.1 Å². The first-order chi connectivity index (χ1) is 6.99. The van der Waals surface area contributed by atoms with E-state index in [1.807, 2.05) is 0 Å². The zero-order valence-corrected chi connectivity index (χ0v) is 11.5. The lowest BCUT2D eigenvalue weighted by atomic mass is 10.1. The minimum absolute atomic E-state index is 0.0241. The first kappa shape index (κ1) is 15.8. The molecule has 16 heavy (non-hydrogen) atoms. The van der Waals surface area contributed by atoms with E-state index in [-0.39, 0.29) is 12.5 Å². The maximum absolute atomic E-state index is 10.8. The Bertz CT molecular complexity index is 396. The largest absolute Gasteiger partial charge is 0.270 e. The van der Waals surface area contributed by atoms with E-state index in [1.54, 1.807) is 13.8 Å². The van der Waals surface area contributed by atoms with Crippen LogP contribution in [-0.4, -0.2) is 42.1 Å². The van der Waals surface area contributed by atoms with E-state index in [4.69, 9.17) is 4.18 Å². The molecule has 0 heterocycles. The molecule has 0 radical (unpaired) electrons. The predicted molar refractivity (Wildman–Crippen MR) is 60.0 cm³/mol. The molecule has 98 valence electrons. The second-order valence-corrected chi connectivity index (χ2v) is 7.19. The van der Waals surface area contributed by atoms with Crippen molar-refractivity contribution in [2.45, 2.75) is 26.4 Å². The van der Waals surface area contributed by atoms with Gasteiger partial charge in [0, 0.05) is 0 Å². The Hall–Kier alpha value is -0.180. The number of rotatable bonds is 7. The van der Waals surface area contributed by atoms with Crippen LogP contribution in [0, 0.1) is 5.92 Å². The van der Waals surface area contributed by atoms with E-state index >= 15 is 0 Å². The monoisotopic (exact) mass is 274 g/mol. The molecule has 0 N–H and O–H groups in total. The van der Waals surface area contributed by atoms with Gasteiger partial charge in [0.2, 0.25) is 0 Å². The molecule has 0 bridgehead atoms. The highest BCUT2D eigenvalue weighted by Crippen LogP contribution is 2.11. The second kappa shape index (κ2) is 5.95. The average Bonchev–Trinajstić information content (AvgIpc) is 1.95. The van der Waals surface area contributed by atoms with E-state index in [2.05, 4.69) is 4.18 Å². The molecule has 0 spiro atoms. The Morgan fingerprint density at radius 2 is 1.50 bits per heavy atom. The molecule has 0 aliphatic carbocycles. The van der Waals surface area contributed by atoms with Crippen LogP contribution in [0.4, 0.5) is 0 Å². The van der Waals surface area contributed by atoms with Gasteiger partial charge in [-0.05, 0) is 19.3 Å². The zero-order valence-electron chi connectivity index (χ0n) is 9.83. The molecule has 0 saturated carbocycles. The van der Waals surface area contributed by atoms with Crippen LogP contribution in [-0.2, 0) is 28.6 Å². The fourth-order valence-corrected chi connectivity index (χ4v) is 2.37. The number of hydrogen-bond donors (Lipinski definition) is 0. The summed E-state index contributed by atoms with van der Waals surface area (Å²) >= 11 is 0. The Balaban J connectivity index is 4.01. The molecule has 2 unspecified atom stereocenters. The summed E-state index contributed by atoms with van der Waals surface area (Å²) in [5.41, 5.74) is 0. The van der Waals surface area contributed by atoms with Crippen molar-refractivity contribution in [1.29, 1.82) is 0 Å². The van der Waals surface area contributed by atoms with Gasteiger partial charge in [0.25, 0.3) is 20.2 Å². The van der Waals surface area contributed by atoms with Crippen LogP contribution in [0.25, 0.3) is 0 Å². The summed E-state index contributed by atoms with van der Waals surface area (Å²) in [7, 11) is -6.92. The van der Waals surface area contributed by atoms with E-state index < -0.39 is 26.3 Å². The van der Waals surface area contributed by atoms with E-state index in [0.29, 0.717) is 6.42 Å². The molecule has 8 heteroatoms. The van der Waals surface area contributed by atoms with E-state index in [0.717, 1.165) is 12.5 Å². The normalized spacial score (nSPS) is 17.0. The van der Waals surface area contributed by atoms with Gasteiger partial charge in [0.05, 0.1) is 25.2 Å². The lowest BCUT2D eigenvalue weighted by Crippen LogP contribution is -2.20. The topological polar surface area (TPSA) is 86.7 Å². The first-order valence-corrected chi connectivity index (χ1v) is 8.35. The summed E-state index contributed by atoms with van der Waals surface area (Å²) in [4.78, 5) is 0. The Morgan fingerprint density at radius 3 is 1.88 bits per heavy atom. The van der Waals surface area contributed by atoms with Gasteiger partial charge in [-0.2, -0.15) is 16.8 Å². The third kappa shape index (κ3) is 10.3. The van der Waals surface area contributed by atoms with E-state index in [9.17, 15) is 16.8 Å². The van der Waals surface area contributed by atoms with Crippen LogP contribution < -0.4 is 0 Å². The third-order valence-electron chi connectivity index (χ3n) is 1.64. The Labute approximate surface area is 97.2 Å². The highest BCUT2D eigenvalue weighted by atomic mass is 32.2. The van der Waals surface area contributed by atoms with Gasteiger partial charge in [-0.3, -0.25) is 8.37 Å². The van der Waals surface area contributed by atoms with Crippen molar-refractivity contribution in [3.8, 4) is 0 Å². The van der Waals surface area contributed by atoms with Crippen molar-refractivity contribution in [2.24, 2.45) is 5.92 Å². The molecule has 0 aliphatic rings. The second-order valence-electron chi connectivity index (χ2n) is 3.94. The van der Waals surface area contributed by atoms with Crippen molar-refractivity contribution >= 4 is 20.2 Å². The third-order valence-corrected chi connectivity index (χ3v) is 2.88. The van der Waals surface area contributed by atoms with Gasteiger partial charge in [0.1, 0.15) is 0 Å². The number of hydrogen-bond acceptors (Lipinski definition) is 6. The van der Waals surface area contributed by atoms with Gasteiger partial charge in [-0.15, -0.1) is 0 Å². The minimum atomic E-state index is -3.47. The molecule has 0 saturated heterocycles. The van der Waals surface area contributed by atoms with Crippen molar-refractivity contribution in [1.82, 2.24) is 0 Å². The summed E-state index contributed by atoms with van der Waals surface area (Å²) in [5, 5.41) is 0. The lowest BCUT2D eigenvalue weighted by Gasteiger charge is -2.16. The van der Waals surface area contributed by atoms with E-state index in [1.165, 1.54) is 0 Å². The van der Waals surface area contributed by atoms with Crippen LogP contribution >= 0.6 is 0 Å².